The third-order valence-corrected chi connectivity index (χ3v) is 3.80. The average molecular weight is 355 g/mol. The Balaban J connectivity index is 1.86. The monoisotopic (exact) mass is 354 g/mol. The number of halogens is 3. The molecule has 0 aliphatic carbocycles. The van der Waals surface area contributed by atoms with Crippen LogP contribution in [0.25, 0.3) is 0 Å². The fourth-order valence-corrected chi connectivity index (χ4v) is 2.20. The molecule has 7 heteroatoms. The van der Waals surface area contributed by atoms with Crippen LogP contribution in [0.3, 0.4) is 0 Å². The second-order valence-corrected chi connectivity index (χ2v) is 5.48. The number of hydrogen-bond acceptors (Lipinski definition) is 2. The Hall–Kier alpha value is -2.11. The number of nitrogens with one attached hydrogen (secondary N) is 2. The van der Waals surface area contributed by atoms with Gasteiger partial charge < -0.3 is 10.6 Å². The topological polar surface area (TPSA) is 58.2 Å². The first-order valence-corrected chi connectivity index (χ1v) is 7.47. The van der Waals surface area contributed by atoms with Crippen molar-refractivity contribution in [1.82, 2.24) is 5.32 Å². The molecule has 0 aliphatic rings. The van der Waals surface area contributed by atoms with Gasteiger partial charge in [-0.05, 0) is 23.8 Å². The highest BCUT2D eigenvalue weighted by atomic mass is 35.5. The van der Waals surface area contributed by atoms with Gasteiger partial charge in [0.2, 0.25) is 11.8 Å². The van der Waals surface area contributed by atoms with Gasteiger partial charge in [0.05, 0.1) is 28.7 Å². The Kier molecular flexibility index (Phi) is 5.96. The zero-order chi connectivity index (χ0) is 16.8. The molecule has 0 unspecified atom stereocenters. The van der Waals surface area contributed by atoms with Crippen molar-refractivity contribution in [2.75, 3.05) is 11.9 Å². The number of amides is 2. The number of anilines is 1. The molecule has 0 aliphatic heterocycles. The van der Waals surface area contributed by atoms with Crippen LogP contribution in [0, 0.1) is 5.82 Å². The lowest BCUT2D eigenvalue weighted by Crippen LogP contribution is -2.34. The van der Waals surface area contributed by atoms with Gasteiger partial charge in [0.25, 0.3) is 0 Å². The lowest BCUT2D eigenvalue weighted by atomic mass is 10.1. The van der Waals surface area contributed by atoms with Crippen LogP contribution in [0.1, 0.15) is 5.56 Å². The molecule has 2 aromatic rings. The van der Waals surface area contributed by atoms with Crippen molar-refractivity contribution in [3.8, 4) is 0 Å². The number of rotatable bonds is 5. The Morgan fingerprint density at radius 2 is 1.74 bits per heavy atom. The second kappa shape index (κ2) is 7.94. The molecule has 2 amide bonds. The van der Waals surface area contributed by atoms with Crippen LogP contribution < -0.4 is 10.6 Å². The highest BCUT2D eigenvalue weighted by molar-refractivity contribution is 6.44. The fraction of sp³-hybridized carbons (Fsp3) is 0.125. The van der Waals surface area contributed by atoms with Crippen molar-refractivity contribution < 1.29 is 14.0 Å². The van der Waals surface area contributed by atoms with Crippen molar-refractivity contribution in [1.29, 1.82) is 0 Å². The summed E-state index contributed by atoms with van der Waals surface area (Å²) in [6.45, 7) is -0.254. The van der Waals surface area contributed by atoms with E-state index in [0.717, 1.165) is 0 Å². The van der Waals surface area contributed by atoms with E-state index in [2.05, 4.69) is 10.6 Å². The highest BCUT2D eigenvalue weighted by Crippen LogP contribution is 2.29. The summed E-state index contributed by atoms with van der Waals surface area (Å²) < 4.78 is 13.4. The van der Waals surface area contributed by atoms with Crippen LogP contribution in [0.2, 0.25) is 10.0 Å². The van der Waals surface area contributed by atoms with Gasteiger partial charge in [-0.2, -0.15) is 0 Å². The van der Waals surface area contributed by atoms with Crippen LogP contribution in [-0.2, 0) is 16.0 Å². The van der Waals surface area contributed by atoms with E-state index in [-0.39, 0.29) is 23.6 Å². The lowest BCUT2D eigenvalue weighted by molar-refractivity contribution is -0.123. The van der Waals surface area contributed by atoms with Crippen molar-refractivity contribution >= 4 is 40.7 Å². The minimum absolute atomic E-state index is 0.141. The lowest BCUT2D eigenvalue weighted by Gasteiger charge is -2.09. The number of carbonyl (C=O) groups excluding carboxylic acids is 2. The van der Waals surface area contributed by atoms with Gasteiger partial charge >= 0.3 is 0 Å². The molecule has 120 valence electrons. The van der Waals surface area contributed by atoms with Gasteiger partial charge in [0.15, 0.2) is 0 Å². The maximum atomic E-state index is 13.4. The Labute approximate surface area is 142 Å². The van der Waals surface area contributed by atoms with Crippen LogP contribution in [0.5, 0.6) is 0 Å². The van der Waals surface area contributed by atoms with E-state index >= 15 is 0 Å². The molecule has 2 aromatic carbocycles. The van der Waals surface area contributed by atoms with E-state index in [0.29, 0.717) is 10.7 Å². The first-order valence-electron chi connectivity index (χ1n) is 6.71. The van der Waals surface area contributed by atoms with Crippen LogP contribution >= 0.6 is 23.2 Å². The number of benzene rings is 2. The van der Waals surface area contributed by atoms with Gasteiger partial charge in [0, 0.05) is 0 Å². The van der Waals surface area contributed by atoms with Crippen LogP contribution in [0.15, 0.2) is 42.5 Å². The van der Waals surface area contributed by atoms with E-state index < -0.39 is 17.6 Å². The van der Waals surface area contributed by atoms with Gasteiger partial charge in [0.1, 0.15) is 5.82 Å². The molecule has 2 N–H and O–H groups in total. The maximum Gasteiger partial charge on any atom is 0.243 e. The largest absolute Gasteiger partial charge is 0.347 e. The maximum absolute atomic E-state index is 13.4. The molecule has 0 aromatic heterocycles. The average Bonchev–Trinajstić information content (AvgIpc) is 2.52. The van der Waals surface area contributed by atoms with Crippen LogP contribution in [-0.4, -0.2) is 18.4 Å². The second-order valence-electron chi connectivity index (χ2n) is 4.69. The van der Waals surface area contributed by atoms with E-state index in [9.17, 15) is 14.0 Å². The molecule has 4 nitrogen and oxygen atoms in total. The van der Waals surface area contributed by atoms with E-state index in [1.165, 1.54) is 12.1 Å². The summed E-state index contributed by atoms with van der Waals surface area (Å²) in [6, 6.07) is 10.8. The summed E-state index contributed by atoms with van der Waals surface area (Å²) in [4.78, 5) is 23.5. The number of hydrogen-bond donors (Lipinski definition) is 2. The van der Waals surface area contributed by atoms with E-state index in [4.69, 9.17) is 23.2 Å². The molecule has 23 heavy (non-hydrogen) atoms. The number of carbonyl (C=O) groups is 2. The van der Waals surface area contributed by atoms with E-state index in [1.807, 2.05) is 0 Å². The van der Waals surface area contributed by atoms with Gasteiger partial charge in [-0.3, -0.25) is 9.59 Å². The Morgan fingerprint density at radius 3 is 2.48 bits per heavy atom. The molecule has 0 radical (unpaired) electrons. The molecule has 0 saturated carbocycles. The predicted octanol–water partition coefficient (Wildman–Crippen LogP) is 3.43. The van der Waals surface area contributed by atoms with E-state index in [1.54, 1.807) is 30.3 Å². The third kappa shape index (κ3) is 4.94. The zero-order valence-electron chi connectivity index (χ0n) is 11.9. The van der Waals surface area contributed by atoms with Gasteiger partial charge in [-0.15, -0.1) is 0 Å². The Bertz CT molecular complexity index is 738. The van der Waals surface area contributed by atoms with Crippen molar-refractivity contribution in [3.05, 3.63) is 63.9 Å². The molecule has 0 bridgehead atoms. The Morgan fingerprint density at radius 1 is 1.00 bits per heavy atom. The fourth-order valence-electron chi connectivity index (χ4n) is 1.85. The molecule has 0 saturated heterocycles. The van der Waals surface area contributed by atoms with Gasteiger partial charge in [-0.25, -0.2) is 4.39 Å². The van der Waals surface area contributed by atoms with Gasteiger partial charge in [-0.1, -0.05) is 47.5 Å². The zero-order valence-corrected chi connectivity index (χ0v) is 13.4. The SMILES string of the molecule is O=C(Cc1ccccc1F)NCC(=O)Nc1cccc(Cl)c1Cl. The molecule has 0 fully saturated rings. The molecule has 0 heterocycles. The minimum Gasteiger partial charge on any atom is -0.347 e. The quantitative estimate of drug-likeness (QED) is 0.863. The van der Waals surface area contributed by atoms with Crippen LogP contribution in [0.4, 0.5) is 10.1 Å². The first-order chi connectivity index (χ1) is 11.0. The minimum atomic E-state index is -0.462. The summed E-state index contributed by atoms with van der Waals surface area (Å²) in [5, 5.41) is 5.49. The predicted molar refractivity (Wildman–Crippen MR) is 88.2 cm³/mol. The summed E-state index contributed by atoms with van der Waals surface area (Å²) in [5.74, 6) is -1.38. The highest BCUT2D eigenvalue weighted by Gasteiger charge is 2.11. The smallest absolute Gasteiger partial charge is 0.243 e. The summed E-state index contributed by atoms with van der Waals surface area (Å²) in [5.41, 5.74) is 0.621. The third-order valence-electron chi connectivity index (χ3n) is 2.98. The summed E-state index contributed by atoms with van der Waals surface area (Å²) >= 11 is 11.8. The molecule has 0 spiro atoms. The molecule has 2 rings (SSSR count). The summed E-state index contributed by atoms with van der Waals surface area (Å²) in [7, 11) is 0. The summed E-state index contributed by atoms with van der Waals surface area (Å²) in [6.07, 6.45) is -0.141. The molecular weight excluding hydrogens is 342 g/mol. The standard InChI is InChI=1S/C16H13Cl2FN2O2/c17-11-5-3-7-13(16(11)18)21-15(23)9-20-14(22)8-10-4-1-2-6-12(10)19/h1-7H,8-9H2,(H,20,22)(H,21,23). The van der Waals surface area contributed by atoms with Crippen molar-refractivity contribution in [2.24, 2.45) is 0 Å². The molecular formula is C16H13Cl2FN2O2. The van der Waals surface area contributed by atoms with Crippen molar-refractivity contribution in [3.63, 3.8) is 0 Å². The first kappa shape index (κ1) is 17.2. The normalized spacial score (nSPS) is 10.2. The van der Waals surface area contributed by atoms with Crippen molar-refractivity contribution in [2.45, 2.75) is 6.42 Å². The molecule has 0 atom stereocenters.